The molecule has 0 amide bonds. The molecule has 0 saturated carbocycles. The molecule has 0 heterocycles. The van der Waals surface area contributed by atoms with Gasteiger partial charge in [-0.05, 0) is 12.8 Å². The van der Waals surface area contributed by atoms with Gasteiger partial charge in [-0.25, -0.2) is 0 Å². The first kappa shape index (κ1) is 11.6. The fraction of sp³-hybridized carbons (Fsp3) is 1.00. The topological polar surface area (TPSA) is 18.5 Å². The Kier molecular flexibility index (Phi) is 11.1. The highest BCUT2D eigenvalue weighted by Crippen LogP contribution is 1.87. The molecule has 0 unspecified atom stereocenters. The summed E-state index contributed by atoms with van der Waals surface area (Å²) >= 11 is 10.8. The van der Waals surface area contributed by atoms with Crippen LogP contribution in [0.4, 0.5) is 0 Å². The average Bonchev–Trinajstić information content (AvgIpc) is 2.03. The van der Waals surface area contributed by atoms with Gasteiger partial charge in [-0.3, -0.25) is 0 Å². The molecule has 0 aromatic carbocycles. The molecule has 0 saturated heterocycles. The highest BCUT2D eigenvalue weighted by Gasteiger charge is 1.93. The van der Waals surface area contributed by atoms with Crippen molar-refractivity contribution in [2.45, 2.75) is 12.8 Å². The van der Waals surface area contributed by atoms with Gasteiger partial charge in [-0.15, -0.1) is 23.2 Å². The van der Waals surface area contributed by atoms with Gasteiger partial charge in [0.1, 0.15) is 0 Å². The second-order valence-corrected chi connectivity index (χ2v) is 2.68. The van der Waals surface area contributed by atoms with Crippen LogP contribution in [-0.4, -0.2) is 32.7 Å². The normalized spacial score (nSPS) is 10.0. The Balaban J connectivity index is 2.69. The lowest BCUT2D eigenvalue weighted by atomic mass is 10.3. The molecular weight excluding hydrogens is 186 g/mol. The Morgan fingerprint density at radius 3 is 1.73 bits per heavy atom. The van der Waals surface area contributed by atoms with E-state index in [0.29, 0.717) is 25.0 Å². The Bertz CT molecular complexity index is 67.6. The molecule has 0 spiro atoms. The maximum atomic E-state index is 5.41. The van der Waals surface area contributed by atoms with Gasteiger partial charge in [0.15, 0.2) is 0 Å². The Labute approximate surface area is 78.5 Å². The van der Waals surface area contributed by atoms with Crippen LogP contribution in [0.3, 0.4) is 0 Å². The molecule has 0 aromatic rings. The standard InChI is InChI=1S/C6H12BCl2O2/c8-3-1-5-10-7-11-6-2-4-9/h1-6H2. The fourth-order valence-electron chi connectivity index (χ4n) is 0.420. The SMILES string of the molecule is ClCCCO[B]OCCCCl. The molecule has 2 nitrogen and oxygen atoms in total. The maximum Gasteiger partial charge on any atom is 0.487 e. The summed E-state index contributed by atoms with van der Waals surface area (Å²) in [6.07, 6.45) is 1.69. The molecule has 65 valence electrons. The molecule has 1 radical (unpaired) electrons. The van der Waals surface area contributed by atoms with Crippen molar-refractivity contribution in [3.8, 4) is 0 Å². The zero-order valence-corrected chi connectivity index (χ0v) is 7.90. The van der Waals surface area contributed by atoms with Gasteiger partial charge in [0.2, 0.25) is 0 Å². The first-order valence-corrected chi connectivity index (χ1v) is 4.65. The molecule has 0 aliphatic heterocycles. The van der Waals surface area contributed by atoms with Crippen molar-refractivity contribution in [2.75, 3.05) is 25.0 Å². The first-order chi connectivity index (χ1) is 5.41. The van der Waals surface area contributed by atoms with Crippen molar-refractivity contribution < 1.29 is 9.31 Å². The van der Waals surface area contributed by atoms with Crippen molar-refractivity contribution in [3.05, 3.63) is 0 Å². The summed E-state index contributed by atoms with van der Waals surface area (Å²) in [6.45, 7) is 1.23. The minimum Gasteiger partial charge on any atom is -0.413 e. The summed E-state index contributed by atoms with van der Waals surface area (Å²) in [4.78, 5) is 0. The zero-order chi connectivity index (χ0) is 8.36. The third-order valence-corrected chi connectivity index (χ3v) is 1.46. The third-order valence-electron chi connectivity index (χ3n) is 0.928. The highest BCUT2D eigenvalue weighted by molar-refractivity contribution is 6.18. The lowest BCUT2D eigenvalue weighted by Gasteiger charge is -2.00. The fourth-order valence-corrected chi connectivity index (χ4v) is 0.638. The lowest BCUT2D eigenvalue weighted by molar-refractivity contribution is 0.222. The monoisotopic (exact) mass is 197 g/mol. The van der Waals surface area contributed by atoms with Crippen molar-refractivity contribution >= 4 is 30.9 Å². The molecule has 0 bridgehead atoms. The van der Waals surface area contributed by atoms with Crippen LogP contribution in [0.5, 0.6) is 0 Å². The summed E-state index contributed by atoms with van der Waals surface area (Å²) in [5.74, 6) is 1.24. The van der Waals surface area contributed by atoms with Crippen LogP contribution in [0.2, 0.25) is 0 Å². The lowest BCUT2D eigenvalue weighted by Crippen LogP contribution is -2.07. The molecule has 5 heteroatoms. The summed E-state index contributed by atoms with van der Waals surface area (Å²) in [6, 6.07) is 0. The molecule has 0 aliphatic carbocycles. The number of rotatable bonds is 8. The van der Waals surface area contributed by atoms with Crippen LogP contribution in [0.1, 0.15) is 12.8 Å². The van der Waals surface area contributed by atoms with E-state index in [-0.39, 0.29) is 0 Å². The van der Waals surface area contributed by atoms with E-state index in [2.05, 4.69) is 0 Å². The third kappa shape index (κ3) is 10.6. The minimum atomic E-state index is 0.615. The van der Waals surface area contributed by atoms with Crippen LogP contribution < -0.4 is 0 Å². The predicted molar refractivity (Wildman–Crippen MR) is 48.3 cm³/mol. The first-order valence-electron chi connectivity index (χ1n) is 3.58. The summed E-state index contributed by atoms with van der Waals surface area (Å²) < 4.78 is 9.89. The highest BCUT2D eigenvalue weighted by atomic mass is 35.5. The Morgan fingerprint density at radius 2 is 1.36 bits per heavy atom. The Morgan fingerprint density at radius 1 is 0.909 bits per heavy atom. The van der Waals surface area contributed by atoms with Gasteiger partial charge in [0.05, 0.1) is 0 Å². The number of hydrogen-bond acceptors (Lipinski definition) is 2. The van der Waals surface area contributed by atoms with Crippen molar-refractivity contribution in [1.82, 2.24) is 0 Å². The maximum absolute atomic E-state index is 5.41. The van der Waals surface area contributed by atoms with Gasteiger partial charge in [0, 0.05) is 25.0 Å². The summed E-state index contributed by atoms with van der Waals surface area (Å²) in [5, 5.41) is 0. The van der Waals surface area contributed by atoms with Crippen LogP contribution in [0.25, 0.3) is 0 Å². The van der Waals surface area contributed by atoms with Crippen molar-refractivity contribution in [1.29, 1.82) is 0 Å². The largest absolute Gasteiger partial charge is 0.487 e. The van der Waals surface area contributed by atoms with Gasteiger partial charge in [-0.2, -0.15) is 0 Å². The van der Waals surface area contributed by atoms with E-state index in [1.54, 1.807) is 0 Å². The van der Waals surface area contributed by atoms with E-state index in [9.17, 15) is 0 Å². The second-order valence-electron chi connectivity index (χ2n) is 1.92. The summed E-state index contributed by atoms with van der Waals surface area (Å²) in [7, 11) is 1.35. The molecule has 0 N–H and O–H groups in total. The zero-order valence-electron chi connectivity index (χ0n) is 6.39. The quantitative estimate of drug-likeness (QED) is 0.336. The van der Waals surface area contributed by atoms with Gasteiger partial charge < -0.3 is 9.31 Å². The molecule has 11 heavy (non-hydrogen) atoms. The van der Waals surface area contributed by atoms with Gasteiger partial charge in [-0.1, -0.05) is 0 Å². The van der Waals surface area contributed by atoms with E-state index < -0.39 is 0 Å². The number of alkyl halides is 2. The number of hydrogen-bond donors (Lipinski definition) is 0. The smallest absolute Gasteiger partial charge is 0.413 e. The molecule has 0 atom stereocenters. The van der Waals surface area contributed by atoms with Crippen LogP contribution in [0, 0.1) is 0 Å². The van der Waals surface area contributed by atoms with Crippen LogP contribution in [0.15, 0.2) is 0 Å². The summed E-state index contributed by atoms with van der Waals surface area (Å²) in [5.41, 5.74) is 0. The van der Waals surface area contributed by atoms with Gasteiger partial charge >= 0.3 is 7.69 Å². The molecule has 0 aliphatic rings. The van der Waals surface area contributed by atoms with E-state index in [4.69, 9.17) is 32.5 Å². The predicted octanol–water partition coefficient (Wildman–Crippen LogP) is 1.81. The molecular formula is C6H12BCl2O2. The van der Waals surface area contributed by atoms with E-state index in [1.165, 1.54) is 7.69 Å². The Hall–Kier alpha value is 0.565. The minimum absolute atomic E-state index is 0.615. The van der Waals surface area contributed by atoms with Crippen molar-refractivity contribution in [3.63, 3.8) is 0 Å². The second kappa shape index (κ2) is 10.6. The van der Waals surface area contributed by atoms with Gasteiger partial charge in [0.25, 0.3) is 0 Å². The van der Waals surface area contributed by atoms with E-state index >= 15 is 0 Å². The van der Waals surface area contributed by atoms with E-state index in [1.807, 2.05) is 0 Å². The van der Waals surface area contributed by atoms with Crippen LogP contribution >= 0.6 is 23.2 Å². The molecule has 0 fully saturated rings. The van der Waals surface area contributed by atoms with Crippen molar-refractivity contribution in [2.24, 2.45) is 0 Å². The number of halogens is 2. The molecule has 0 aromatic heterocycles. The average molecular weight is 198 g/mol. The van der Waals surface area contributed by atoms with E-state index in [0.717, 1.165) is 12.8 Å². The van der Waals surface area contributed by atoms with Crippen LogP contribution in [-0.2, 0) is 9.31 Å². The molecule has 0 rings (SSSR count).